The Morgan fingerprint density at radius 2 is 2.11 bits per heavy atom. The lowest BCUT2D eigenvalue weighted by molar-refractivity contribution is 0.0751. The molecule has 0 fully saturated rings. The van der Waals surface area contributed by atoms with Crippen LogP contribution in [0.3, 0.4) is 0 Å². The minimum atomic E-state index is -1.03. The van der Waals surface area contributed by atoms with Crippen molar-refractivity contribution in [2.24, 2.45) is 0 Å². The number of hydrogen-bond acceptors (Lipinski definition) is 4. The summed E-state index contributed by atoms with van der Waals surface area (Å²) in [5, 5.41) is 11.0. The molecule has 1 aliphatic heterocycles. The minimum Gasteiger partial charge on any atom is -0.493 e. The standard InChI is InChI=1S/C14H16N2O2/c1-14(2,17)13-10(15)5-9-7-12-8(3-4-18-12)6-11(9)16-13/h5-7,17H,3-4,15H2,1-2H3. The number of pyridine rings is 1. The lowest BCUT2D eigenvalue weighted by Crippen LogP contribution is -2.19. The zero-order valence-corrected chi connectivity index (χ0v) is 10.5. The third kappa shape index (κ3) is 1.69. The predicted octanol–water partition coefficient (Wildman–Crippen LogP) is 1.98. The molecule has 0 amide bonds. The molecule has 0 aliphatic carbocycles. The Hall–Kier alpha value is -1.81. The molecule has 3 N–H and O–H groups in total. The number of ether oxygens (including phenoxy) is 1. The lowest BCUT2D eigenvalue weighted by Gasteiger charge is -2.19. The molecule has 0 saturated carbocycles. The van der Waals surface area contributed by atoms with E-state index in [0.29, 0.717) is 11.4 Å². The van der Waals surface area contributed by atoms with Gasteiger partial charge in [-0.15, -0.1) is 0 Å². The largest absolute Gasteiger partial charge is 0.493 e. The van der Waals surface area contributed by atoms with Crippen LogP contribution in [0.4, 0.5) is 5.69 Å². The van der Waals surface area contributed by atoms with E-state index in [2.05, 4.69) is 4.98 Å². The summed E-state index contributed by atoms with van der Waals surface area (Å²) in [4.78, 5) is 4.49. The summed E-state index contributed by atoms with van der Waals surface area (Å²) in [5.41, 5.74) is 7.97. The highest BCUT2D eigenvalue weighted by atomic mass is 16.5. The molecule has 0 unspecified atom stereocenters. The lowest BCUT2D eigenvalue weighted by atomic mass is 10.0. The SMILES string of the molecule is CC(C)(O)c1nc2cc3c(cc2cc1N)OCC3. The molecular weight excluding hydrogens is 228 g/mol. The van der Waals surface area contributed by atoms with Crippen molar-refractivity contribution in [3.05, 3.63) is 29.5 Å². The molecule has 0 bridgehead atoms. The van der Waals surface area contributed by atoms with Crippen molar-refractivity contribution in [1.29, 1.82) is 0 Å². The zero-order valence-electron chi connectivity index (χ0n) is 10.5. The molecule has 4 nitrogen and oxygen atoms in total. The maximum absolute atomic E-state index is 10.1. The minimum absolute atomic E-state index is 0.507. The van der Waals surface area contributed by atoms with Crippen LogP contribution < -0.4 is 10.5 Å². The van der Waals surface area contributed by atoms with E-state index >= 15 is 0 Å². The van der Waals surface area contributed by atoms with Gasteiger partial charge in [0.2, 0.25) is 0 Å². The fourth-order valence-electron chi connectivity index (χ4n) is 2.35. The van der Waals surface area contributed by atoms with Gasteiger partial charge in [-0.25, -0.2) is 4.98 Å². The van der Waals surface area contributed by atoms with E-state index in [4.69, 9.17) is 10.5 Å². The molecule has 18 heavy (non-hydrogen) atoms. The Morgan fingerprint density at radius 1 is 1.33 bits per heavy atom. The number of nitrogens with zero attached hydrogens (tertiary/aromatic N) is 1. The first-order valence-electron chi connectivity index (χ1n) is 6.04. The van der Waals surface area contributed by atoms with E-state index in [1.807, 2.05) is 18.2 Å². The first-order chi connectivity index (χ1) is 8.45. The van der Waals surface area contributed by atoms with Crippen molar-refractivity contribution in [3.8, 4) is 5.75 Å². The highest BCUT2D eigenvalue weighted by molar-refractivity contribution is 5.85. The van der Waals surface area contributed by atoms with Gasteiger partial charge in [-0.05, 0) is 37.6 Å². The van der Waals surface area contributed by atoms with Crippen molar-refractivity contribution < 1.29 is 9.84 Å². The summed E-state index contributed by atoms with van der Waals surface area (Å²) in [5.74, 6) is 0.916. The summed E-state index contributed by atoms with van der Waals surface area (Å²) in [6.45, 7) is 4.10. The number of fused-ring (bicyclic) bond motifs is 2. The molecule has 0 atom stereocenters. The van der Waals surface area contributed by atoms with Crippen LogP contribution in [-0.2, 0) is 12.0 Å². The van der Waals surface area contributed by atoms with Gasteiger partial charge in [0.25, 0.3) is 0 Å². The van der Waals surface area contributed by atoms with Crippen LogP contribution in [0.1, 0.15) is 25.1 Å². The van der Waals surface area contributed by atoms with Crippen LogP contribution in [0.15, 0.2) is 18.2 Å². The number of anilines is 1. The second-order valence-corrected chi connectivity index (χ2v) is 5.24. The smallest absolute Gasteiger partial charge is 0.123 e. The van der Waals surface area contributed by atoms with Crippen LogP contribution in [0, 0.1) is 0 Å². The molecule has 1 aromatic carbocycles. The van der Waals surface area contributed by atoms with Gasteiger partial charge in [-0.2, -0.15) is 0 Å². The van der Waals surface area contributed by atoms with Gasteiger partial charge >= 0.3 is 0 Å². The summed E-state index contributed by atoms with van der Waals surface area (Å²) in [6, 6.07) is 5.83. The van der Waals surface area contributed by atoms with E-state index in [1.54, 1.807) is 13.8 Å². The van der Waals surface area contributed by atoms with Gasteiger partial charge in [-0.3, -0.25) is 0 Å². The van der Waals surface area contributed by atoms with Gasteiger partial charge in [0.05, 0.1) is 23.5 Å². The number of hydrogen-bond donors (Lipinski definition) is 2. The molecular formula is C14H16N2O2. The van der Waals surface area contributed by atoms with Gasteiger partial charge in [-0.1, -0.05) is 0 Å². The average Bonchev–Trinajstić information content (AvgIpc) is 2.70. The van der Waals surface area contributed by atoms with Gasteiger partial charge in [0.15, 0.2) is 0 Å². The topological polar surface area (TPSA) is 68.4 Å². The second kappa shape index (κ2) is 3.59. The quantitative estimate of drug-likeness (QED) is 0.804. The van der Waals surface area contributed by atoms with Crippen molar-refractivity contribution in [1.82, 2.24) is 4.98 Å². The number of nitrogen functional groups attached to an aromatic ring is 1. The fourth-order valence-corrected chi connectivity index (χ4v) is 2.35. The van der Waals surface area contributed by atoms with Gasteiger partial charge in [0, 0.05) is 11.8 Å². The van der Waals surface area contributed by atoms with Crippen LogP contribution in [0.2, 0.25) is 0 Å². The van der Waals surface area contributed by atoms with Crippen LogP contribution >= 0.6 is 0 Å². The molecule has 0 spiro atoms. The zero-order chi connectivity index (χ0) is 12.9. The summed E-state index contributed by atoms with van der Waals surface area (Å²) in [7, 11) is 0. The molecule has 3 rings (SSSR count). The Morgan fingerprint density at radius 3 is 2.83 bits per heavy atom. The number of nitrogens with two attached hydrogens (primary N) is 1. The maximum atomic E-state index is 10.1. The first-order valence-corrected chi connectivity index (χ1v) is 6.04. The third-order valence-electron chi connectivity index (χ3n) is 3.23. The predicted molar refractivity (Wildman–Crippen MR) is 70.6 cm³/mol. The first kappa shape index (κ1) is 11.3. The summed E-state index contributed by atoms with van der Waals surface area (Å²) < 4.78 is 5.53. The van der Waals surface area contributed by atoms with Crippen molar-refractivity contribution in [2.75, 3.05) is 12.3 Å². The summed E-state index contributed by atoms with van der Waals surface area (Å²) >= 11 is 0. The van der Waals surface area contributed by atoms with Crippen molar-refractivity contribution in [3.63, 3.8) is 0 Å². The Balaban J connectivity index is 2.26. The third-order valence-corrected chi connectivity index (χ3v) is 3.23. The van der Waals surface area contributed by atoms with E-state index in [-0.39, 0.29) is 0 Å². The van der Waals surface area contributed by atoms with Crippen molar-refractivity contribution >= 4 is 16.6 Å². The second-order valence-electron chi connectivity index (χ2n) is 5.24. The molecule has 0 radical (unpaired) electrons. The highest BCUT2D eigenvalue weighted by Gasteiger charge is 2.22. The van der Waals surface area contributed by atoms with Gasteiger partial charge < -0.3 is 15.6 Å². The fraction of sp³-hybridized carbons (Fsp3) is 0.357. The average molecular weight is 244 g/mol. The number of aromatic nitrogens is 1. The van der Waals surface area contributed by atoms with E-state index in [0.717, 1.165) is 29.7 Å². The molecule has 2 aromatic rings. The normalized spacial score (nSPS) is 14.6. The molecule has 1 aromatic heterocycles. The van der Waals surface area contributed by atoms with Crippen molar-refractivity contribution in [2.45, 2.75) is 25.9 Å². The number of benzene rings is 1. The Kier molecular flexibility index (Phi) is 2.25. The highest BCUT2D eigenvalue weighted by Crippen LogP contribution is 2.33. The molecule has 1 aliphatic rings. The van der Waals surface area contributed by atoms with E-state index in [9.17, 15) is 5.11 Å². The molecule has 94 valence electrons. The van der Waals surface area contributed by atoms with Gasteiger partial charge in [0.1, 0.15) is 11.4 Å². The summed E-state index contributed by atoms with van der Waals surface area (Å²) in [6.07, 6.45) is 0.912. The molecule has 0 saturated heterocycles. The number of rotatable bonds is 1. The monoisotopic (exact) mass is 244 g/mol. The van der Waals surface area contributed by atoms with Crippen LogP contribution in [-0.4, -0.2) is 16.7 Å². The van der Waals surface area contributed by atoms with Crippen LogP contribution in [0.25, 0.3) is 10.9 Å². The van der Waals surface area contributed by atoms with E-state index < -0.39 is 5.60 Å². The Bertz CT molecular complexity index is 630. The van der Waals surface area contributed by atoms with E-state index in [1.165, 1.54) is 5.56 Å². The molecule has 2 heterocycles. The molecule has 4 heteroatoms. The number of aliphatic hydroxyl groups is 1. The maximum Gasteiger partial charge on any atom is 0.123 e. The Labute approximate surface area is 105 Å². The van der Waals surface area contributed by atoms with Crippen LogP contribution in [0.5, 0.6) is 5.75 Å².